The Morgan fingerprint density at radius 3 is 2.75 bits per heavy atom. The molecule has 1 aliphatic heterocycles. The molecule has 1 saturated heterocycles. The summed E-state index contributed by atoms with van der Waals surface area (Å²) in [5.41, 5.74) is 14.6. The highest BCUT2D eigenvalue weighted by Gasteiger charge is 2.23. The lowest BCUT2D eigenvalue weighted by Gasteiger charge is -2.25. The van der Waals surface area contributed by atoms with Gasteiger partial charge in [-0.1, -0.05) is 6.07 Å². The standard InChI is InChI=1S/C17H19N5O.ClH/c18-8-12-11(10-3-2-6-21-9-10)7-14(22-17(12)20)16-13(19)4-1-5-15(16)23;/h1,4-5,7,10,21,23H,2-3,6,9,19H2,(H2,20,22);1H. The van der Waals surface area contributed by atoms with E-state index in [-0.39, 0.29) is 29.9 Å². The number of anilines is 2. The van der Waals surface area contributed by atoms with E-state index in [2.05, 4.69) is 16.4 Å². The Kier molecular flexibility index (Phi) is 5.50. The molecule has 7 heteroatoms. The maximum Gasteiger partial charge on any atom is 0.142 e. The fourth-order valence-corrected chi connectivity index (χ4v) is 3.11. The van der Waals surface area contributed by atoms with Crippen LogP contribution in [0.2, 0.25) is 0 Å². The van der Waals surface area contributed by atoms with Gasteiger partial charge in [0.25, 0.3) is 0 Å². The van der Waals surface area contributed by atoms with E-state index in [0.29, 0.717) is 22.5 Å². The Balaban J connectivity index is 0.00000208. The summed E-state index contributed by atoms with van der Waals surface area (Å²) in [4.78, 5) is 4.29. The molecule has 24 heavy (non-hydrogen) atoms. The third-order valence-corrected chi connectivity index (χ3v) is 4.26. The Labute approximate surface area is 146 Å². The van der Waals surface area contributed by atoms with Gasteiger partial charge in [-0.05, 0) is 49.1 Å². The maximum atomic E-state index is 10.1. The highest BCUT2D eigenvalue weighted by Crippen LogP contribution is 2.37. The van der Waals surface area contributed by atoms with Gasteiger partial charge in [0.1, 0.15) is 17.6 Å². The van der Waals surface area contributed by atoms with Gasteiger partial charge in [-0.25, -0.2) is 4.98 Å². The molecule has 1 aliphatic rings. The molecule has 2 heterocycles. The van der Waals surface area contributed by atoms with Crippen molar-refractivity contribution in [1.82, 2.24) is 10.3 Å². The van der Waals surface area contributed by atoms with E-state index in [0.717, 1.165) is 31.5 Å². The zero-order valence-corrected chi connectivity index (χ0v) is 13.9. The number of hydrogen-bond acceptors (Lipinski definition) is 6. The molecule has 6 nitrogen and oxygen atoms in total. The van der Waals surface area contributed by atoms with Crippen LogP contribution in [0.25, 0.3) is 11.3 Å². The molecule has 0 aliphatic carbocycles. The second-order valence-corrected chi connectivity index (χ2v) is 5.75. The summed E-state index contributed by atoms with van der Waals surface area (Å²) in [5, 5.41) is 22.9. The maximum absolute atomic E-state index is 10.1. The smallest absolute Gasteiger partial charge is 0.142 e. The molecular weight excluding hydrogens is 326 g/mol. The van der Waals surface area contributed by atoms with E-state index in [4.69, 9.17) is 11.5 Å². The van der Waals surface area contributed by atoms with Gasteiger partial charge in [0.15, 0.2) is 0 Å². The van der Waals surface area contributed by atoms with E-state index < -0.39 is 0 Å². The first-order chi connectivity index (χ1) is 11.1. The molecular formula is C17H20ClN5O. The molecule has 2 aromatic rings. The molecule has 6 N–H and O–H groups in total. The van der Waals surface area contributed by atoms with E-state index in [9.17, 15) is 10.4 Å². The molecule has 3 rings (SSSR count). The summed E-state index contributed by atoms with van der Waals surface area (Å²) in [6.45, 7) is 1.78. The zero-order valence-electron chi connectivity index (χ0n) is 13.1. The summed E-state index contributed by atoms with van der Waals surface area (Å²) in [5.74, 6) is 0.428. The van der Waals surface area contributed by atoms with Crippen molar-refractivity contribution in [2.75, 3.05) is 24.6 Å². The fourth-order valence-electron chi connectivity index (χ4n) is 3.11. The van der Waals surface area contributed by atoms with E-state index in [1.165, 1.54) is 0 Å². The molecule has 1 atom stereocenters. The van der Waals surface area contributed by atoms with Crippen molar-refractivity contribution in [2.24, 2.45) is 0 Å². The molecule has 0 radical (unpaired) electrons. The number of phenols is 1. The van der Waals surface area contributed by atoms with Crippen LogP contribution in [0.4, 0.5) is 11.5 Å². The van der Waals surface area contributed by atoms with Crippen LogP contribution in [0.5, 0.6) is 5.75 Å². The Bertz CT molecular complexity index is 761. The van der Waals surface area contributed by atoms with E-state index in [1.807, 2.05) is 6.07 Å². The first-order valence-electron chi connectivity index (χ1n) is 7.61. The number of nitriles is 1. The third kappa shape index (κ3) is 3.23. The van der Waals surface area contributed by atoms with Gasteiger partial charge in [0.05, 0.1) is 16.8 Å². The van der Waals surface area contributed by atoms with E-state index in [1.54, 1.807) is 18.2 Å². The largest absolute Gasteiger partial charge is 0.507 e. The van der Waals surface area contributed by atoms with Crippen molar-refractivity contribution in [3.05, 3.63) is 35.4 Å². The van der Waals surface area contributed by atoms with Gasteiger partial charge in [-0.3, -0.25) is 0 Å². The van der Waals surface area contributed by atoms with Crippen LogP contribution >= 0.6 is 12.4 Å². The normalized spacial score (nSPS) is 16.9. The van der Waals surface area contributed by atoms with Gasteiger partial charge in [0, 0.05) is 12.2 Å². The summed E-state index contributed by atoms with van der Waals surface area (Å²) >= 11 is 0. The minimum absolute atomic E-state index is 0. The molecule has 0 amide bonds. The summed E-state index contributed by atoms with van der Waals surface area (Å²) in [7, 11) is 0. The number of rotatable bonds is 2. The van der Waals surface area contributed by atoms with Gasteiger partial charge in [0.2, 0.25) is 0 Å². The highest BCUT2D eigenvalue weighted by atomic mass is 35.5. The molecule has 0 bridgehead atoms. The van der Waals surface area contributed by atoms with Crippen LogP contribution in [0, 0.1) is 11.3 Å². The van der Waals surface area contributed by atoms with Crippen LogP contribution in [0.1, 0.15) is 29.9 Å². The number of phenolic OH excluding ortho intramolecular Hbond substituents is 1. The van der Waals surface area contributed by atoms with Gasteiger partial charge in [-0.2, -0.15) is 5.26 Å². The summed E-state index contributed by atoms with van der Waals surface area (Å²) in [6, 6.07) is 8.93. The van der Waals surface area contributed by atoms with Crippen molar-refractivity contribution in [2.45, 2.75) is 18.8 Å². The molecule has 0 saturated carbocycles. The van der Waals surface area contributed by atoms with Gasteiger partial charge < -0.3 is 21.9 Å². The number of benzene rings is 1. The lowest BCUT2D eigenvalue weighted by Crippen LogP contribution is -2.29. The number of pyridine rings is 1. The first kappa shape index (κ1) is 17.9. The number of nitrogens with one attached hydrogen (secondary N) is 1. The van der Waals surface area contributed by atoms with Crippen LogP contribution in [-0.2, 0) is 0 Å². The Hall–Kier alpha value is -2.49. The van der Waals surface area contributed by atoms with Crippen molar-refractivity contribution in [1.29, 1.82) is 5.26 Å². The molecule has 1 aromatic heterocycles. The number of halogens is 1. The van der Waals surface area contributed by atoms with Crippen LogP contribution < -0.4 is 16.8 Å². The SMILES string of the molecule is Cl.N#Cc1c(C2CCCNC2)cc(-c2c(N)cccc2O)nc1N. The Morgan fingerprint density at radius 2 is 2.12 bits per heavy atom. The van der Waals surface area contributed by atoms with E-state index >= 15 is 0 Å². The third-order valence-electron chi connectivity index (χ3n) is 4.26. The number of nitrogen functional groups attached to an aromatic ring is 2. The van der Waals surface area contributed by atoms with Gasteiger partial charge in [-0.15, -0.1) is 12.4 Å². The molecule has 0 spiro atoms. The molecule has 1 unspecified atom stereocenters. The number of hydrogen-bond donors (Lipinski definition) is 4. The first-order valence-corrected chi connectivity index (χ1v) is 7.61. The topological polar surface area (TPSA) is 121 Å². The number of piperidine rings is 1. The minimum atomic E-state index is 0. The number of nitrogens with zero attached hydrogens (tertiary/aromatic N) is 2. The summed E-state index contributed by atoms with van der Waals surface area (Å²) in [6.07, 6.45) is 2.03. The second-order valence-electron chi connectivity index (χ2n) is 5.75. The van der Waals surface area contributed by atoms with Crippen molar-refractivity contribution >= 4 is 23.9 Å². The number of aromatic hydroxyl groups is 1. The van der Waals surface area contributed by atoms with Crippen LogP contribution in [-0.4, -0.2) is 23.2 Å². The number of nitrogens with two attached hydrogens (primary N) is 2. The zero-order chi connectivity index (χ0) is 16.4. The van der Waals surface area contributed by atoms with Gasteiger partial charge >= 0.3 is 0 Å². The highest BCUT2D eigenvalue weighted by molar-refractivity contribution is 5.85. The second kappa shape index (κ2) is 7.39. The summed E-state index contributed by atoms with van der Waals surface area (Å²) < 4.78 is 0. The predicted octanol–water partition coefficient (Wildman–Crippen LogP) is 2.38. The minimum Gasteiger partial charge on any atom is -0.507 e. The molecule has 1 aromatic carbocycles. The molecule has 1 fully saturated rings. The average Bonchev–Trinajstić information content (AvgIpc) is 2.55. The van der Waals surface area contributed by atoms with Crippen molar-refractivity contribution < 1.29 is 5.11 Å². The monoisotopic (exact) mass is 345 g/mol. The number of aromatic nitrogens is 1. The van der Waals surface area contributed by atoms with Crippen LogP contribution in [0.3, 0.4) is 0 Å². The quantitative estimate of drug-likeness (QED) is 0.620. The lowest BCUT2D eigenvalue weighted by atomic mass is 9.88. The molecule has 126 valence electrons. The van der Waals surface area contributed by atoms with Crippen LogP contribution in [0.15, 0.2) is 24.3 Å². The lowest BCUT2D eigenvalue weighted by molar-refractivity contribution is 0.461. The average molecular weight is 346 g/mol. The predicted molar refractivity (Wildman–Crippen MR) is 97.0 cm³/mol. The Morgan fingerprint density at radius 1 is 1.33 bits per heavy atom. The van der Waals surface area contributed by atoms with Crippen molar-refractivity contribution in [3.63, 3.8) is 0 Å². The fraction of sp³-hybridized carbons (Fsp3) is 0.294. The van der Waals surface area contributed by atoms with Crippen molar-refractivity contribution in [3.8, 4) is 23.1 Å².